The average Bonchev–Trinajstić information content (AvgIpc) is 2.19. The van der Waals surface area contributed by atoms with Gasteiger partial charge in [0.1, 0.15) is 11.9 Å². The first-order valence-electron chi connectivity index (χ1n) is 4.41. The van der Waals surface area contributed by atoms with Gasteiger partial charge in [-0.3, -0.25) is 4.79 Å². The Morgan fingerprint density at radius 2 is 2.33 bits per heavy atom. The van der Waals surface area contributed by atoms with Crippen molar-refractivity contribution < 1.29 is 14.3 Å². The molecule has 1 unspecified atom stereocenters. The molecule has 1 aromatic rings. The van der Waals surface area contributed by atoms with Crippen LogP contribution in [0.1, 0.15) is 12.5 Å². The van der Waals surface area contributed by atoms with Crippen molar-refractivity contribution in [2.45, 2.75) is 19.5 Å². The summed E-state index contributed by atoms with van der Waals surface area (Å²) in [6.45, 7) is 1.85. The quantitative estimate of drug-likeness (QED) is 0.885. The van der Waals surface area contributed by atoms with Crippen LogP contribution in [0.15, 0.2) is 22.7 Å². The van der Waals surface area contributed by atoms with Gasteiger partial charge in [-0.15, -0.1) is 0 Å². The Morgan fingerprint density at radius 1 is 1.67 bits per heavy atom. The van der Waals surface area contributed by atoms with Gasteiger partial charge >= 0.3 is 5.97 Å². The largest absolute Gasteiger partial charge is 0.480 e. The smallest absolute Gasteiger partial charge is 0.320 e. The van der Waals surface area contributed by atoms with E-state index in [2.05, 4.69) is 21.2 Å². The van der Waals surface area contributed by atoms with Gasteiger partial charge in [0.2, 0.25) is 0 Å². The van der Waals surface area contributed by atoms with Crippen LogP contribution in [-0.2, 0) is 11.3 Å². The van der Waals surface area contributed by atoms with Crippen LogP contribution in [0, 0.1) is 5.82 Å². The van der Waals surface area contributed by atoms with Crippen LogP contribution in [0.3, 0.4) is 0 Å². The lowest BCUT2D eigenvalue weighted by Gasteiger charge is -2.10. The van der Waals surface area contributed by atoms with Crippen LogP contribution in [0.4, 0.5) is 4.39 Å². The average molecular weight is 276 g/mol. The van der Waals surface area contributed by atoms with Crippen LogP contribution >= 0.6 is 15.9 Å². The Labute approximate surface area is 95.4 Å². The molecule has 0 saturated carbocycles. The molecule has 82 valence electrons. The number of nitrogens with one attached hydrogen (secondary N) is 1. The third kappa shape index (κ3) is 3.28. The molecule has 2 N–H and O–H groups in total. The van der Waals surface area contributed by atoms with E-state index < -0.39 is 12.0 Å². The Bertz CT molecular complexity index is 370. The highest BCUT2D eigenvalue weighted by Gasteiger charge is 2.11. The molecule has 0 aromatic heterocycles. The summed E-state index contributed by atoms with van der Waals surface area (Å²) in [6, 6.07) is 4.01. The minimum Gasteiger partial charge on any atom is -0.480 e. The molecule has 0 aliphatic rings. The molecule has 1 atom stereocenters. The first-order valence-corrected chi connectivity index (χ1v) is 5.20. The zero-order valence-corrected chi connectivity index (χ0v) is 9.71. The van der Waals surface area contributed by atoms with Gasteiger partial charge < -0.3 is 10.4 Å². The Morgan fingerprint density at radius 3 is 2.93 bits per heavy atom. The summed E-state index contributed by atoms with van der Waals surface area (Å²) in [5, 5.41) is 11.4. The monoisotopic (exact) mass is 275 g/mol. The molecule has 3 nitrogen and oxygen atoms in total. The number of benzene rings is 1. The number of aliphatic carboxylic acids is 1. The molecular weight excluding hydrogens is 265 g/mol. The first-order chi connectivity index (χ1) is 7.02. The van der Waals surface area contributed by atoms with E-state index in [0.717, 1.165) is 0 Å². The number of rotatable bonds is 4. The number of carbonyl (C=O) groups is 1. The molecule has 1 aromatic carbocycles. The van der Waals surface area contributed by atoms with Gasteiger partial charge in [-0.1, -0.05) is 12.1 Å². The molecule has 0 radical (unpaired) electrons. The fraction of sp³-hybridized carbons (Fsp3) is 0.300. The Hall–Kier alpha value is -0.940. The second-order valence-electron chi connectivity index (χ2n) is 3.15. The van der Waals surface area contributed by atoms with E-state index in [1.165, 1.54) is 13.0 Å². The normalized spacial score (nSPS) is 12.5. The topological polar surface area (TPSA) is 49.3 Å². The lowest BCUT2D eigenvalue weighted by molar-refractivity contribution is -0.139. The fourth-order valence-electron chi connectivity index (χ4n) is 1.04. The maximum atomic E-state index is 13.1. The first kappa shape index (κ1) is 12.1. The molecule has 0 aliphatic carbocycles. The van der Waals surface area contributed by atoms with Crippen molar-refractivity contribution in [1.29, 1.82) is 0 Å². The van der Waals surface area contributed by atoms with Gasteiger partial charge in [-0.25, -0.2) is 4.39 Å². The molecule has 0 aliphatic heterocycles. The number of hydrogen-bond acceptors (Lipinski definition) is 2. The predicted molar refractivity (Wildman–Crippen MR) is 58.0 cm³/mol. The zero-order chi connectivity index (χ0) is 11.4. The Balaban J connectivity index is 2.66. The fourth-order valence-corrected chi connectivity index (χ4v) is 1.44. The lowest BCUT2D eigenvalue weighted by Crippen LogP contribution is -2.33. The summed E-state index contributed by atoms with van der Waals surface area (Å²) in [6.07, 6.45) is 0. The maximum Gasteiger partial charge on any atom is 0.320 e. The summed E-state index contributed by atoms with van der Waals surface area (Å²) in [5.41, 5.74) is 0.697. The van der Waals surface area contributed by atoms with E-state index in [0.29, 0.717) is 16.6 Å². The highest BCUT2D eigenvalue weighted by Crippen LogP contribution is 2.20. The third-order valence-electron chi connectivity index (χ3n) is 2.00. The molecule has 0 spiro atoms. The highest BCUT2D eigenvalue weighted by atomic mass is 79.9. The minimum atomic E-state index is -0.928. The van der Waals surface area contributed by atoms with Gasteiger partial charge in [0.15, 0.2) is 0 Å². The van der Waals surface area contributed by atoms with Gasteiger partial charge in [0, 0.05) is 6.54 Å². The molecule has 1 rings (SSSR count). The van der Waals surface area contributed by atoms with E-state index in [-0.39, 0.29) is 5.82 Å². The van der Waals surface area contributed by atoms with E-state index in [4.69, 9.17) is 5.11 Å². The molecular formula is C10H11BrFNO2. The second-order valence-corrected chi connectivity index (χ2v) is 3.95. The van der Waals surface area contributed by atoms with Gasteiger partial charge in [-0.05, 0) is 34.5 Å². The minimum absolute atomic E-state index is 0.311. The van der Waals surface area contributed by atoms with Crippen molar-refractivity contribution in [1.82, 2.24) is 5.32 Å². The Kier molecular flexibility index (Phi) is 4.23. The zero-order valence-electron chi connectivity index (χ0n) is 8.13. The third-order valence-corrected chi connectivity index (χ3v) is 2.89. The van der Waals surface area contributed by atoms with Gasteiger partial charge in [0.25, 0.3) is 0 Å². The van der Waals surface area contributed by atoms with E-state index in [9.17, 15) is 9.18 Å². The summed E-state index contributed by atoms with van der Waals surface area (Å²) in [4.78, 5) is 10.5. The predicted octanol–water partition coefficient (Wildman–Crippen LogP) is 2.15. The van der Waals surface area contributed by atoms with E-state index >= 15 is 0 Å². The van der Waals surface area contributed by atoms with Gasteiger partial charge in [0.05, 0.1) is 4.47 Å². The molecule has 0 bridgehead atoms. The SMILES string of the molecule is CC(NCc1cccc(F)c1Br)C(=O)O. The molecule has 15 heavy (non-hydrogen) atoms. The molecule has 0 fully saturated rings. The molecule has 5 heteroatoms. The van der Waals surface area contributed by atoms with Crippen molar-refractivity contribution in [3.05, 3.63) is 34.1 Å². The van der Waals surface area contributed by atoms with Crippen molar-refractivity contribution in [3.8, 4) is 0 Å². The maximum absolute atomic E-state index is 13.1. The summed E-state index contributed by atoms with van der Waals surface area (Å²) < 4.78 is 13.4. The van der Waals surface area contributed by atoms with Crippen molar-refractivity contribution in [3.63, 3.8) is 0 Å². The second kappa shape index (κ2) is 5.23. The molecule has 0 saturated heterocycles. The standard InChI is InChI=1S/C10H11BrFNO2/c1-6(10(14)15)13-5-7-3-2-4-8(12)9(7)11/h2-4,6,13H,5H2,1H3,(H,14,15). The van der Waals surface area contributed by atoms with Gasteiger partial charge in [-0.2, -0.15) is 0 Å². The van der Waals surface area contributed by atoms with Crippen molar-refractivity contribution in [2.24, 2.45) is 0 Å². The summed E-state index contributed by atoms with van der Waals surface area (Å²) in [7, 11) is 0. The van der Waals surface area contributed by atoms with Crippen molar-refractivity contribution >= 4 is 21.9 Å². The van der Waals surface area contributed by atoms with Crippen LogP contribution < -0.4 is 5.32 Å². The van der Waals surface area contributed by atoms with Crippen molar-refractivity contribution in [2.75, 3.05) is 0 Å². The summed E-state index contributed by atoms with van der Waals surface area (Å²) in [5.74, 6) is -1.28. The van der Waals surface area contributed by atoms with Crippen LogP contribution in [0.25, 0.3) is 0 Å². The van der Waals surface area contributed by atoms with E-state index in [1.807, 2.05) is 0 Å². The number of carboxylic acids is 1. The number of halogens is 2. The van der Waals surface area contributed by atoms with Crippen LogP contribution in [0.2, 0.25) is 0 Å². The number of carboxylic acid groups (broad SMARTS) is 1. The highest BCUT2D eigenvalue weighted by molar-refractivity contribution is 9.10. The van der Waals surface area contributed by atoms with E-state index in [1.54, 1.807) is 12.1 Å². The summed E-state index contributed by atoms with van der Waals surface area (Å²) >= 11 is 3.10. The number of hydrogen-bond donors (Lipinski definition) is 2. The molecule has 0 heterocycles. The van der Waals surface area contributed by atoms with Crippen LogP contribution in [-0.4, -0.2) is 17.1 Å². The molecule has 0 amide bonds. The lowest BCUT2D eigenvalue weighted by atomic mass is 10.2. The van der Waals surface area contributed by atoms with Crippen LogP contribution in [0.5, 0.6) is 0 Å².